The number of anilines is 1. The minimum atomic E-state index is -0.223. The highest BCUT2D eigenvalue weighted by Gasteiger charge is 2.27. The third-order valence-electron chi connectivity index (χ3n) is 4.34. The summed E-state index contributed by atoms with van der Waals surface area (Å²) in [4.78, 5) is 15.1. The molecule has 0 bridgehead atoms. The predicted octanol–water partition coefficient (Wildman–Crippen LogP) is 1.53. The average Bonchev–Trinajstić information content (AvgIpc) is 3.18. The monoisotopic (exact) mass is 362 g/mol. The summed E-state index contributed by atoms with van der Waals surface area (Å²) in [5, 5.41) is 7.95. The maximum atomic E-state index is 12.3. The van der Waals surface area contributed by atoms with Crippen molar-refractivity contribution >= 4 is 23.1 Å². The van der Waals surface area contributed by atoms with Crippen molar-refractivity contribution in [3.05, 3.63) is 46.7 Å². The molecule has 25 heavy (non-hydrogen) atoms. The molecule has 1 aromatic carbocycles. The van der Waals surface area contributed by atoms with Crippen molar-refractivity contribution in [3.8, 4) is 5.75 Å². The molecule has 0 aliphatic carbocycles. The molecule has 1 fully saturated rings. The zero-order chi connectivity index (χ0) is 17.5. The molecule has 0 unspecified atom stereocenters. The predicted molar refractivity (Wildman–Crippen MR) is 98.6 cm³/mol. The molecule has 134 valence electrons. The average molecular weight is 362 g/mol. The summed E-state index contributed by atoms with van der Waals surface area (Å²) in [5.41, 5.74) is 0.661. The van der Waals surface area contributed by atoms with Crippen molar-refractivity contribution in [1.29, 1.82) is 0 Å². The zero-order valence-electron chi connectivity index (χ0n) is 14.3. The third-order valence-corrected chi connectivity index (χ3v) is 5.32. The molecule has 3 rings (SSSR count). The summed E-state index contributed by atoms with van der Waals surface area (Å²) in [6.45, 7) is 4.03. The summed E-state index contributed by atoms with van der Waals surface area (Å²) in [5.74, 6) is 0.645. The van der Waals surface area contributed by atoms with Crippen LogP contribution in [0.2, 0.25) is 0 Å². The van der Waals surface area contributed by atoms with E-state index in [4.69, 9.17) is 9.47 Å². The zero-order valence-corrected chi connectivity index (χ0v) is 15.1. The van der Waals surface area contributed by atoms with Gasteiger partial charge in [0.25, 0.3) is 0 Å². The molecule has 0 saturated carbocycles. The second kappa shape index (κ2) is 8.84. The van der Waals surface area contributed by atoms with Gasteiger partial charge in [-0.3, -0.25) is 0 Å². The van der Waals surface area contributed by atoms with Crippen LogP contribution in [-0.2, 0) is 4.74 Å². The van der Waals surface area contributed by atoms with E-state index in [0.29, 0.717) is 18.0 Å². The number of benzene rings is 1. The van der Waals surface area contributed by atoms with Crippen LogP contribution in [0.1, 0.15) is 10.9 Å². The standard InChI is InChI=1S/C18H23N3O3S/c1-23-16-6-3-2-5-14(16)20-18(22)19-13-15(17-7-4-12-25-17)21-8-10-24-11-9-21/h2-7,12,15H,8-11,13H2,1H3,(H2,19,20,22)/p+1/t15-/m1/s1. The molecule has 2 amide bonds. The van der Waals surface area contributed by atoms with E-state index in [0.717, 1.165) is 26.3 Å². The Labute approximate surface area is 151 Å². The Kier molecular flexibility index (Phi) is 6.27. The number of para-hydroxylation sites is 2. The molecule has 1 atom stereocenters. The second-order valence-electron chi connectivity index (χ2n) is 5.87. The van der Waals surface area contributed by atoms with E-state index < -0.39 is 0 Å². The fourth-order valence-electron chi connectivity index (χ4n) is 3.03. The fraction of sp³-hybridized carbons (Fsp3) is 0.389. The van der Waals surface area contributed by atoms with E-state index in [9.17, 15) is 4.79 Å². The Hall–Kier alpha value is -2.09. The van der Waals surface area contributed by atoms with Crippen LogP contribution in [0, 0.1) is 0 Å². The van der Waals surface area contributed by atoms with Crippen molar-refractivity contribution < 1.29 is 19.2 Å². The van der Waals surface area contributed by atoms with Crippen molar-refractivity contribution in [2.24, 2.45) is 0 Å². The van der Waals surface area contributed by atoms with Gasteiger partial charge in [-0.1, -0.05) is 18.2 Å². The smallest absolute Gasteiger partial charge is 0.319 e. The number of carbonyl (C=O) groups excluding carboxylic acids is 1. The molecular weight excluding hydrogens is 338 g/mol. The van der Waals surface area contributed by atoms with Crippen LogP contribution in [-0.4, -0.2) is 46.0 Å². The number of morpholine rings is 1. The lowest BCUT2D eigenvalue weighted by Crippen LogP contribution is -3.15. The van der Waals surface area contributed by atoms with Gasteiger partial charge in [0.15, 0.2) is 0 Å². The minimum Gasteiger partial charge on any atom is -0.495 e. The van der Waals surface area contributed by atoms with Gasteiger partial charge in [-0.15, -0.1) is 11.3 Å². The number of quaternary nitrogens is 1. The molecule has 1 saturated heterocycles. The molecule has 1 aromatic heterocycles. The molecule has 6 nitrogen and oxygen atoms in total. The molecule has 1 aliphatic heterocycles. The van der Waals surface area contributed by atoms with Gasteiger partial charge in [0, 0.05) is 0 Å². The summed E-state index contributed by atoms with van der Waals surface area (Å²) >= 11 is 1.73. The molecule has 3 N–H and O–H groups in total. The third kappa shape index (κ3) is 4.72. The number of rotatable bonds is 6. The van der Waals surface area contributed by atoms with Crippen LogP contribution in [0.25, 0.3) is 0 Å². The Morgan fingerprint density at radius 3 is 2.80 bits per heavy atom. The van der Waals surface area contributed by atoms with Gasteiger partial charge in [-0.25, -0.2) is 4.79 Å². The highest BCUT2D eigenvalue weighted by Crippen LogP contribution is 2.22. The van der Waals surface area contributed by atoms with Crippen LogP contribution in [0.5, 0.6) is 5.75 Å². The van der Waals surface area contributed by atoms with Crippen molar-refractivity contribution in [1.82, 2.24) is 5.32 Å². The van der Waals surface area contributed by atoms with Gasteiger partial charge >= 0.3 is 6.03 Å². The maximum Gasteiger partial charge on any atom is 0.319 e. The van der Waals surface area contributed by atoms with E-state index in [1.165, 1.54) is 9.78 Å². The summed E-state index contributed by atoms with van der Waals surface area (Å²) in [7, 11) is 1.59. The highest BCUT2D eigenvalue weighted by atomic mass is 32.1. The van der Waals surface area contributed by atoms with Gasteiger partial charge in [0.1, 0.15) is 24.9 Å². The lowest BCUT2D eigenvalue weighted by atomic mass is 10.2. The number of nitrogens with one attached hydrogen (secondary N) is 3. The van der Waals surface area contributed by atoms with Crippen LogP contribution in [0.4, 0.5) is 10.5 Å². The van der Waals surface area contributed by atoms with E-state index in [2.05, 4.69) is 28.1 Å². The number of ether oxygens (including phenoxy) is 2. The Bertz CT molecular complexity index is 672. The molecule has 1 aliphatic rings. The van der Waals surface area contributed by atoms with Crippen LogP contribution in [0.3, 0.4) is 0 Å². The molecule has 2 aromatic rings. The highest BCUT2D eigenvalue weighted by molar-refractivity contribution is 7.10. The van der Waals surface area contributed by atoms with Crippen LogP contribution in [0.15, 0.2) is 41.8 Å². The maximum absolute atomic E-state index is 12.3. The van der Waals surface area contributed by atoms with Gasteiger partial charge < -0.3 is 25.0 Å². The van der Waals surface area contributed by atoms with Gasteiger partial charge in [0.05, 0.1) is 37.4 Å². The Balaban J connectivity index is 1.61. The number of hydrogen-bond donors (Lipinski definition) is 3. The van der Waals surface area contributed by atoms with E-state index >= 15 is 0 Å². The molecular formula is C18H24N3O3S+. The Morgan fingerprint density at radius 2 is 2.08 bits per heavy atom. The first-order chi connectivity index (χ1) is 12.3. The van der Waals surface area contributed by atoms with E-state index in [1.807, 2.05) is 24.3 Å². The first kappa shape index (κ1) is 17.7. The summed E-state index contributed by atoms with van der Waals surface area (Å²) < 4.78 is 10.7. The fourth-order valence-corrected chi connectivity index (χ4v) is 3.91. The first-order valence-corrected chi connectivity index (χ1v) is 9.29. The number of methoxy groups -OCH3 is 1. The molecule has 0 spiro atoms. The van der Waals surface area contributed by atoms with E-state index in [1.54, 1.807) is 18.4 Å². The lowest BCUT2D eigenvalue weighted by molar-refractivity contribution is -0.937. The van der Waals surface area contributed by atoms with Crippen LogP contribution >= 0.6 is 11.3 Å². The lowest BCUT2D eigenvalue weighted by Gasteiger charge is -2.31. The Morgan fingerprint density at radius 1 is 1.28 bits per heavy atom. The van der Waals surface area contributed by atoms with Crippen molar-refractivity contribution in [2.75, 3.05) is 45.3 Å². The summed E-state index contributed by atoms with van der Waals surface area (Å²) in [6.07, 6.45) is 0. The first-order valence-electron chi connectivity index (χ1n) is 8.41. The number of urea groups is 1. The van der Waals surface area contributed by atoms with Crippen molar-refractivity contribution in [2.45, 2.75) is 6.04 Å². The van der Waals surface area contributed by atoms with Crippen LogP contribution < -0.4 is 20.3 Å². The number of carbonyl (C=O) groups is 1. The number of thiophene rings is 1. The van der Waals surface area contributed by atoms with Gasteiger partial charge in [-0.05, 0) is 23.6 Å². The number of amides is 2. The normalized spacial score (nSPS) is 16.2. The minimum absolute atomic E-state index is 0.223. The topological polar surface area (TPSA) is 64.0 Å². The number of hydrogen-bond acceptors (Lipinski definition) is 4. The molecule has 7 heteroatoms. The van der Waals surface area contributed by atoms with E-state index in [-0.39, 0.29) is 12.1 Å². The van der Waals surface area contributed by atoms with Gasteiger partial charge in [-0.2, -0.15) is 0 Å². The molecule has 0 radical (unpaired) electrons. The summed E-state index contributed by atoms with van der Waals surface area (Å²) in [6, 6.07) is 11.6. The molecule has 2 heterocycles. The SMILES string of the molecule is COc1ccccc1NC(=O)NC[C@H](c1cccs1)[NH+]1CCOCC1. The second-order valence-corrected chi connectivity index (χ2v) is 6.85. The van der Waals surface area contributed by atoms with Gasteiger partial charge in [0.2, 0.25) is 0 Å². The van der Waals surface area contributed by atoms with Crippen molar-refractivity contribution in [3.63, 3.8) is 0 Å². The quantitative estimate of drug-likeness (QED) is 0.730. The largest absolute Gasteiger partial charge is 0.495 e.